The molecule has 0 bridgehead atoms. The van der Waals surface area contributed by atoms with Crippen molar-refractivity contribution in [1.82, 2.24) is 15.5 Å². The van der Waals surface area contributed by atoms with E-state index in [4.69, 9.17) is 4.74 Å². The molecule has 7 nitrogen and oxygen atoms in total. The maximum atomic E-state index is 13.2. The van der Waals surface area contributed by atoms with Crippen LogP contribution in [0.25, 0.3) is 0 Å². The van der Waals surface area contributed by atoms with E-state index in [2.05, 4.69) is 10.6 Å². The van der Waals surface area contributed by atoms with Crippen LogP contribution in [0.4, 0.5) is 4.79 Å². The second-order valence-electron chi connectivity index (χ2n) is 8.53. The predicted octanol–water partition coefficient (Wildman–Crippen LogP) is 3.28. The number of nitrogens with zero attached hydrogens (tertiary/aromatic N) is 1. The van der Waals surface area contributed by atoms with E-state index in [0.717, 1.165) is 32.9 Å². The zero-order chi connectivity index (χ0) is 23.5. The second kappa shape index (κ2) is 9.02. The van der Waals surface area contributed by atoms with E-state index < -0.39 is 17.5 Å². The fourth-order valence-electron chi connectivity index (χ4n) is 4.68. The molecule has 1 unspecified atom stereocenters. The third-order valence-electron chi connectivity index (χ3n) is 6.46. The van der Waals surface area contributed by atoms with Crippen LogP contribution < -0.4 is 15.4 Å². The summed E-state index contributed by atoms with van der Waals surface area (Å²) < 4.78 is 5.84. The smallest absolute Gasteiger partial charge is 0.325 e. The summed E-state index contributed by atoms with van der Waals surface area (Å²) in [5.74, 6) is 0.00202. The van der Waals surface area contributed by atoms with E-state index in [-0.39, 0.29) is 19.0 Å². The molecule has 1 aliphatic heterocycles. The van der Waals surface area contributed by atoms with Gasteiger partial charge in [0.2, 0.25) is 5.91 Å². The van der Waals surface area contributed by atoms with Gasteiger partial charge in [-0.05, 0) is 47.2 Å². The molecule has 0 saturated carbocycles. The van der Waals surface area contributed by atoms with Crippen LogP contribution in [-0.4, -0.2) is 29.3 Å². The van der Waals surface area contributed by atoms with Gasteiger partial charge in [-0.2, -0.15) is 0 Å². The first-order valence-corrected chi connectivity index (χ1v) is 11.3. The number of para-hydroxylation sites is 1. The Labute approximate surface area is 197 Å². The summed E-state index contributed by atoms with van der Waals surface area (Å²) in [7, 11) is 0. The number of carbonyl (C=O) groups is 3. The molecule has 1 saturated heterocycles. The Kier molecular flexibility index (Phi) is 5.76. The van der Waals surface area contributed by atoms with Crippen LogP contribution in [-0.2, 0) is 34.7 Å². The highest BCUT2D eigenvalue weighted by atomic mass is 16.5. The van der Waals surface area contributed by atoms with Crippen LogP contribution in [0.3, 0.4) is 0 Å². The molecule has 1 spiro atoms. The van der Waals surface area contributed by atoms with Crippen LogP contribution in [0.15, 0.2) is 78.9 Å². The van der Waals surface area contributed by atoms with Gasteiger partial charge in [-0.3, -0.25) is 14.5 Å². The maximum Gasteiger partial charge on any atom is 0.325 e. The molecule has 1 fully saturated rings. The third kappa shape index (κ3) is 4.01. The molecule has 34 heavy (non-hydrogen) atoms. The average Bonchev–Trinajstić information content (AvgIpc) is 3.35. The van der Waals surface area contributed by atoms with Gasteiger partial charge < -0.3 is 15.4 Å². The highest BCUT2D eigenvalue weighted by molar-refractivity contribution is 6.09. The molecule has 7 heteroatoms. The van der Waals surface area contributed by atoms with Gasteiger partial charge in [-0.1, -0.05) is 66.7 Å². The number of nitrogens with one attached hydrogen (secondary N) is 2. The molecule has 1 atom stereocenters. The van der Waals surface area contributed by atoms with Crippen LogP contribution in [0, 0.1) is 0 Å². The first kappa shape index (κ1) is 21.7. The fourth-order valence-corrected chi connectivity index (χ4v) is 4.68. The fraction of sp³-hybridized carbons (Fsp3) is 0.222. The van der Waals surface area contributed by atoms with E-state index in [1.54, 1.807) is 0 Å². The number of benzene rings is 3. The Balaban J connectivity index is 1.21. The highest BCUT2D eigenvalue weighted by Crippen LogP contribution is 2.41. The number of carbonyl (C=O) groups excluding carboxylic acids is 3. The highest BCUT2D eigenvalue weighted by Gasteiger charge is 2.55. The molecule has 3 aromatic rings. The summed E-state index contributed by atoms with van der Waals surface area (Å²) in [6.45, 7) is 0.313. The third-order valence-corrected chi connectivity index (χ3v) is 6.46. The van der Waals surface area contributed by atoms with Crippen molar-refractivity contribution in [1.29, 1.82) is 0 Å². The van der Waals surface area contributed by atoms with Gasteiger partial charge >= 0.3 is 6.03 Å². The van der Waals surface area contributed by atoms with Gasteiger partial charge in [0.05, 0.1) is 0 Å². The summed E-state index contributed by atoms with van der Waals surface area (Å²) >= 11 is 0. The van der Waals surface area contributed by atoms with Crippen LogP contribution in [0.1, 0.15) is 28.7 Å². The molecule has 1 aliphatic carbocycles. The number of amides is 4. The SMILES string of the molecule is O=C(CN1C(=O)NC2(CCc3ccccc32)C1=O)NCc1ccccc1COc1ccccc1. The molecule has 0 radical (unpaired) electrons. The van der Waals surface area contributed by atoms with Crippen molar-refractivity contribution < 1.29 is 19.1 Å². The van der Waals surface area contributed by atoms with E-state index >= 15 is 0 Å². The molecular formula is C27H25N3O4. The summed E-state index contributed by atoms with van der Waals surface area (Å²) in [5, 5.41) is 5.68. The molecule has 172 valence electrons. The number of imide groups is 1. The topological polar surface area (TPSA) is 87.7 Å². The van der Waals surface area contributed by atoms with Gasteiger partial charge in [-0.25, -0.2) is 4.79 Å². The Hall–Kier alpha value is -4.13. The van der Waals surface area contributed by atoms with Crippen molar-refractivity contribution in [3.05, 3.63) is 101 Å². The molecule has 4 amide bonds. The zero-order valence-corrected chi connectivity index (χ0v) is 18.6. The largest absolute Gasteiger partial charge is 0.489 e. The zero-order valence-electron chi connectivity index (χ0n) is 18.6. The minimum absolute atomic E-state index is 0.269. The Morgan fingerprint density at radius 3 is 2.47 bits per heavy atom. The maximum absolute atomic E-state index is 13.2. The van der Waals surface area contributed by atoms with E-state index in [0.29, 0.717) is 19.4 Å². The molecule has 2 N–H and O–H groups in total. The standard InChI is InChI=1S/C27H25N3O4/c31-24(28-16-20-9-4-5-10-21(20)18-34-22-11-2-1-3-12-22)17-30-25(32)27(29-26(30)33)15-14-19-8-6-7-13-23(19)27/h1-13H,14-18H2,(H,28,31)(H,29,33). The Bertz CT molecular complexity index is 1240. The number of hydrogen-bond acceptors (Lipinski definition) is 4. The number of urea groups is 1. The number of ether oxygens (including phenoxy) is 1. The second-order valence-corrected chi connectivity index (χ2v) is 8.53. The van der Waals surface area contributed by atoms with E-state index in [1.807, 2.05) is 78.9 Å². The first-order chi connectivity index (χ1) is 16.6. The normalized spacial score (nSPS) is 18.6. The van der Waals surface area contributed by atoms with E-state index in [1.165, 1.54) is 0 Å². The monoisotopic (exact) mass is 455 g/mol. The number of fused-ring (bicyclic) bond motifs is 2. The van der Waals surface area contributed by atoms with Gasteiger partial charge in [0, 0.05) is 6.54 Å². The average molecular weight is 456 g/mol. The molecule has 0 aromatic heterocycles. The predicted molar refractivity (Wildman–Crippen MR) is 126 cm³/mol. The lowest BCUT2D eigenvalue weighted by Gasteiger charge is -2.22. The minimum atomic E-state index is -1.06. The Morgan fingerprint density at radius 2 is 1.65 bits per heavy atom. The summed E-state index contributed by atoms with van der Waals surface area (Å²) in [5.41, 5.74) is 2.67. The van der Waals surface area contributed by atoms with Crippen LogP contribution in [0.5, 0.6) is 5.75 Å². The first-order valence-electron chi connectivity index (χ1n) is 11.3. The van der Waals surface area contributed by atoms with Crippen molar-refractivity contribution in [3.63, 3.8) is 0 Å². The van der Waals surface area contributed by atoms with Crippen molar-refractivity contribution in [2.45, 2.75) is 31.5 Å². The van der Waals surface area contributed by atoms with Gasteiger partial charge in [0.15, 0.2) is 0 Å². The number of rotatable bonds is 7. The molecule has 3 aromatic carbocycles. The number of aryl methyl sites for hydroxylation is 1. The van der Waals surface area contributed by atoms with Crippen molar-refractivity contribution in [2.75, 3.05) is 6.54 Å². The molecule has 2 aliphatic rings. The van der Waals surface area contributed by atoms with Crippen molar-refractivity contribution >= 4 is 17.8 Å². The number of hydrogen-bond donors (Lipinski definition) is 2. The Morgan fingerprint density at radius 1 is 0.941 bits per heavy atom. The lowest BCUT2D eigenvalue weighted by Crippen LogP contribution is -2.43. The lowest BCUT2D eigenvalue weighted by molar-refractivity contribution is -0.135. The minimum Gasteiger partial charge on any atom is -0.489 e. The molecule has 5 rings (SSSR count). The summed E-state index contributed by atoms with van der Waals surface area (Å²) in [6.07, 6.45) is 1.22. The van der Waals surface area contributed by atoms with E-state index in [9.17, 15) is 14.4 Å². The lowest BCUT2D eigenvalue weighted by atomic mass is 9.92. The van der Waals surface area contributed by atoms with Crippen molar-refractivity contribution in [3.8, 4) is 5.75 Å². The summed E-state index contributed by atoms with van der Waals surface area (Å²) in [4.78, 5) is 39.6. The quantitative estimate of drug-likeness (QED) is 0.536. The molecular weight excluding hydrogens is 430 g/mol. The van der Waals surface area contributed by atoms with Crippen LogP contribution in [0.2, 0.25) is 0 Å². The van der Waals surface area contributed by atoms with Crippen molar-refractivity contribution in [2.24, 2.45) is 0 Å². The van der Waals surface area contributed by atoms with Gasteiger partial charge in [-0.15, -0.1) is 0 Å². The van der Waals surface area contributed by atoms with Gasteiger partial charge in [0.1, 0.15) is 24.4 Å². The van der Waals surface area contributed by atoms with Crippen LogP contribution >= 0.6 is 0 Å². The molecule has 1 heterocycles. The van der Waals surface area contributed by atoms with Gasteiger partial charge in [0.25, 0.3) is 5.91 Å². The summed E-state index contributed by atoms with van der Waals surface area (Å²) in [6, 6.07) is 24.3.